The SMILES string of the molecule is CC(C1CC1)N1N=C(c2ccnn2C)CC1=O. The molecule has 0 radical (unpaired) electrons. The predicted molar refractivity (Wildman–Crippen MR) is 63.4 cm³/mol. The second-order valence-corrected chi connectivity index (χ2v) is 4.88. The molecule has 2 aliphatic rings. The van der Waals surface area contributed by atoms with Gasteiger partial charge in [0.2, 0.25) is 5.91 Å². The minimum absolute atomic E-state index is 0.112. The van der Waals surface area contributed by atoms with E-state index in [0.29, 0.717) is 12.3 Å². The summed E-state index contributed by atoms with van der Waals surface area (Å²) < 4.78 is 1.76. The molecule has 1 aromatic heterocycles. The summed E-state index contributed by atoms with van der Waals surface area (Å²) in [5, 5.41) is 10.2. The molecule has 1 amide bonds. The number of rotatable bonds is 3. The first kappa shape index (κ1) is 10.5. The molecular weight excluding hydrogens is 216 g/mol. The number of aromatic nitrogens is 2. The number of carbonyl (C=O) groups is 1. The molecule has 5 nitrogen and oxygen atoms in total. The number of hydrogen-bond donors (Lipinski definition) is 0. The van der Waals surface area contributed by atoms with Gasteiger partial charge in [0.25, 0.3) is 0 Å². The standard InChI is InChI=1S/C12H16N4O/c1-8(9-3-4-9)16-12(17)7-10(14-16)11-5-6-13-15(11)2/h5-6,8-9H,3-4,7H2,1-2H3. The lowest BCUT2D eigenvalue weighted by Crippen LogP contribution is -2.32. The summed E-state index contributed by atoms with van der Waals surface area (Å²) in [6.07, 6.45) is 4.58. The van der Waals surface area contributed by atoms with Crippen LogP contribution in [0.1, 0.15) is 31.9 Å². The molecule has 2 heterocycles. The third-order valence-corrected chi connectivity index (χ3v) is 3.61. The Kier molecular flexibility index (Phi) is 2.28. The zero-order chi connectivity index (χ0) is 12.0. The van der Waals surface area contributed by atoms with E-state index in [1.54, 1.807) is 15.9 Å². The number of nitrogens with zero attached hydrogens (tertiary/aromatic N) is 4. The zero-order valence-corrected chi connectivity index (χ0v) is 10.1. The van der Waals surface area contributed by atoms with Crippen LogP contribution >= 0.6 is 0 Å². The van der Waals surface area contributed by atoms with Gasteiger partial charge in [-0.3, -0.25) is 9.48 Å². The number of carbonyl (C=O) groups excluding carboxylic acids is 1. The van der Waals surface area contributed by atoms with E-state index >= 15 is 0 Å². The van der Waals surface area contributed by atoms with Crippen LogP contribution in [0.3, 0.4) is 0 Å². The largest absolute Gasteiger partial charge is 0.272 e. The second kappa shape index (κ2) is 3.68. The third-order valence-electron chi connectivity index (χ3n) is 3.61. The number of amides is 1. The lowest BCUT2D eigenvalue weighted by atomic mass is 10.2. The Morgan fingerprint density at radius 1 is 1.47 bits per heavy atom. The first-order valence-electron chi connectivity index (χ1n) is 6.04. The summed E-state index contributed by atoms with van der Waals surface area (Å²) in [4.78, 5) is 11.9. The average Bonchev–Trinajstić information content (AvgIpc) is 2.96. The van der Waals surface area contributed by atoms with Crippen LogP contribution < -0.4 is 0 Å². The van der Waals surface area contributed by atoms with Crippen molar-refractivity contribution in [2.45, 2.75) is 32.2 Å². The maximum absolute atomic E-state index is 11.9. The molecule has 1 unspecified atom stereocenters. The fourth-order valence-corrected chi connectivity index (χ4v) is 2.34. The molecule has 5 heteroatoms. The van der Waals surface area contributed by atoms with Gasteiger partial charge in [0.05, 0.1) is 23.9 Å². The van der Waals surface area contributed by atoms with Gasteiger partial charge in [0.15, 0.2) is 0 Å². The molecule has 0 bridgehead atoms. The third kappa shape index (κ3) is 1.75. The lowest BCUT2D eigenvalue weighted by molar-refractivity contribution is -0.130. The molecule has 1 fully saturated rings. The molecule has 1 atom stereocenters. The highest BCUT2D eigenvalue weighted by Gasteiger charge is 2.37. The molecule has 0 spiro atoms. The van der Waals surface area contributed by atoms with E-state index in [2.05, 4.69) is 17.1 Å². The fourth-order valence-electron chi connectivity index (χ4n) is 2.34. The molecule has 1 aromatic rings. The average molecular weight is 232 g/mol. The van der Waals surface area contributed by atoms with Gasteiger partial charge in [-0.05, 0) is 31.7 Å². The molecule has 1 aliphatic heterocycles. The van der Waals surface area contributed by atoms with Crippen molar-refractivity contribution in [2.24, 2.45) is 18.1 Å². The molecule has 3 rings (SSSR count). The Balaban J connectivity index is 1.86. The van der Waals surface area contributed by atoms with Crippen molar-refractivity contribution < 1.29 is 4.79 Å². The number of aryl methyl sites for hydroxylation is 1. The van der Waals surface area contributed by atoms with E-state index in [4.69, 9.17) is 0 Å². The monoisotopic (exact) mass is 232 g/mol. The topological polar surface area (TPSA) is 50.5 Å². The fraction of sp³-hybridized carbons (Fsp3) is 0.583. The van der Waals surface area contributed by atoms with Gasteiger partial charge in [0.1, 0.15) is 0 Å². The molecule has 1 saturated carbocycles. The van der Waals surface area contributed by atoms with Crippen molar-refractivity contribution in [2.75, 3.05) is 0 Å². The van der Waals surface area contributed by atoms with Gasteiger partial charge < -0.3 is 0 Å². The normalized spacial score (nSPS) is 21.9. The van der Waals surface area contributed by atoms with Gasteiger partial charge in [-0.25, -0.2) is 5.01 Å². The number of hydrogen-bond acceptors (Lipinski definition) is 3. The summed E-state index contributed by atoms with van der Waals surface area (Å²) in [5.74, 6) is 0.759. The van der Waals surface area contributed by atoms with Crippen LogP contribution in [0.25, 0.3) is 0 Å². The van der Waals surface area contributed by atoms with E-state index in [0.717, 1.165) is 11.4 Å². The van der Waals surface area contributed by atoms with Crippen molar-refractivity contribution in [3.05, 3.63) is 18.0 Å². The minimum atomic E-state index is 0.112. The lowest BCUT2D eigenvalue weighted by Gasteiger charge is -2.19. The van der Waals surface area contributed by atoms with Gasteiger partial charge in [-0.15, -0.1) is 0 Å². The van der Waals surface area contributed by atoms with Crippen LogP contribution in [0.2, 0.25) is 0 Å². The smallest absolute Gasteiger partial charge is 0.249 e. The van der Waals surface area contributed by atoms with Crippen LogP contribution in [-0.2, 0) is 11.8 Å². The van der Waals surface area contributed by atoms with Gasteiger partial charge in [-0.2, -0.15) is 10.2 Å². The minimum Gasteiger partial charge on any atom is -0.272 e. The van der Waals surface area contributed by atoms with Crippen molar-refractivity contribution in [1.29, 1.82) is 0 Å². The van der Waals surface area contributed by atoms with E-state index in [-0.39, 0.29) is 11.9 Å². The quantitative estimate of drug-likeness (QED) is 0.785. The molecule has 0 saturated heterocycles. The summed E-state index contributed by atoms with van der Waals surface area (Å²) in [6, 6.07) is 2.14. The van der Waals surface area contributed by atoms with Crippen molar-refractivity contribution >= 4 is 11.6 Å². The van der Waals surface area contributed by atoms with Gasteiger partial charge >= 0.3 is 0 Å². The summed E-state index contributed by atoms with van der Waals surface area (Å²) in [6.45, 7) is 2.09. The predicted octanol–water partition coefficient (Wildman–Crippen LogP) is 1.16. The summed E-state index contributed by atoms with van der Waals surface area (Å²) >= 11 is 0. The highest BCUT2D eigenvalue weighted by Crippen LogP contribution is 2.36. The van der Waals surface area contributed by atoms with Crippen molar-refractivity contribution in [3.63, 3.8) is 0 Å². The molecule has 17 heavy (non-hydrogen) atoms. The highest BCUT2D eigenvalue weighted by molar-refractivity contribution is 6.12. The maximum Gasteiger partial charge on any atom is 0.249 e. The van der Waals surface area contributed by atoms with Crippen molar-refractivity contribution in [3.8, 4) is 0 Å². The van der Waals surface area contributed by atoms with Crippen LogP contribution in [0.5, 0.6) is 0 Å². The second-order valence-electron chi connectivity index (χ2n) is 4.88. The van der Waals surface area contributed by atoms with Crippen LogP contribution in [0.15, 0.2) is 17.4 Å². The van der Waals surface area contributed by atoms with Crippen LogP contribution in [0, 0.1) is 5.92 Å². The van der Waals surface area contributed by atoms with E-state index < -0.39 is 0 Å². The Morgan fingerprint density at radius 3 is 2.82 bits per heavy atom. The molecule has 0 aromatic carbocycles. The number of hydrazone groups is 1. The molecular formula is C12H16N4O. The highest BCUT2D eigenvalue weighted by atomic mass is 16.2. The molecule has 1 aliphatic carbocycles. The first-order chi connectivity index (χ1) is 8.16. The Morgan fingerprint density at radius 2 is 2.24 bits per heavy atom. The Bertz CT molecular complexity index is 486. The van der Waals surface area contributed by atoms with Crippen molar-refractivity contribution in [1.82, 2.24) is 14.8 Å². The Labute approximate surface area is 100 Å². The summed E-state index contributed by atoms with van der Waals surface area (Å²) in [7, 11) is 1.87. The molecule has 90 valence electrons. The van der Waals surface area contributed by atoms with Crippen LogP contribution in [-0.4, -0.2) is 32.5 Å². The van der Waals surface area contributed by atoms with Crippen LogP contribution in [0.4, 0.5) is 0 Å². The van der Waals surface area contributed by atoms with E-state index in [1.807, 2.05) is 13.1 Å². The summed E-state index contributed by atoms with van der Waals surface area (Å²) in [5.41, 5.74) is 1.77. The first-order valence-corrected chi connectivity index (χ1v) is 6.04. The Hall–Kier alpha value is -1.65. The van der Waals surface area contributed by atoms with E-state index in [9.17, 15) is 4.79 Å². The zero-order valence-electron chi connectivity index (χ0n) is 10.1. The molecule has 0 N–H and O–H groups in total. The van der Waals surface area contributed by atoms with Gasteiger partial charge in [0, 0.05) is 13.2 Å². The van der Waals surface area contributed by atoms with Gasteiger partial charge in [-0.1, -0.05) is 0 Å². The maximum atomic E-state index is 11.9. The van der Waals surface area contributed by atoms with E-state index in [1.165, 1.54) is 12.8 Å².